The van der Waals surface area contributed by atoms with Crippen LogP contribution in [-0.2, 0) is 23.4 Å². The summed E-state index contributed by atoms with van der Waals surface area (Å²) >= 11 is 0. The highest BCUT2D eigenvalue weighted by atomic mass is 28.4. The number of aliphatic hydroxyl groups is 1. The predicted octanol–water partition coefficient (Wildman–Crippen LogP) is 20.6. The molecule has 0 aliphatic carbocycles. The van der Waals surface area contributed by atoms with Crippen molar-refractivity contribution in [2.75, 3.05) is 39.6 Å². The van der Waals surface area contributed by atoms with Gasteiger partial charge in [-0.15, -0.1) is 16.3 Å². The largest absolute Gasteiger partial charge is 0.407 e. The molecule has 3 N–H and O–H groups in total. The van der Waals surface area contributed by atoms with Gasteiger partial charge in [0.25, 0.3) is 8.32 Å². The van der Waals surface area contributed by atoms with Gasteiger partial charge in [0, 0.05) is 39.3 Å². The molecule has 9 heteroatoms. The minimum atomic E-state index is -2.38. The monoisotopic (exact) mass is 1180 g/mol. The van der Waals surface area contributed by atoms with Crippen molar-refractivity contribution in [3.05, 3.63) is 60.7 Å². The normalized spacial score (nSPS) is 14.8. The zero-order valence-corrected chi connectivity index (χ0v) is 56.3. The fourth-order valence-corrected chi connectivity index (χ4v) is 15.4. The van der Waals surface area contributed by atoms with Crippen LogP contribution in [0.25, 0.3) is 0 Å². The number of ether oxygens (including phenoxy) is 4. The maximum atomic E-state index is 9.00. The van der Waals surface area contributed by atoms with Crippen molar-refractivity contribution in [2.24, 2.45) is 5.96 Å². The van der Waals surface area contributed by atoms with E-state index in [1.54, 1.807) is 0 Å². The average Bonchev–Trinajstić information content (AvgIpc) is 3.69. The summed E-state index contributed by atoms with van der Waals surface area (Å²) in [5.74, 6) is 15.7. The quantitative estimate of drug-likeness (QED) is 0.0296. The van der Waals surface area contributed by atoms with E-state index >= 15 is 0 Å². The topological polar surface area (TPSA) is 92.4 Å². The molecule has 2 fully saturated rings. The SMILES string of the molecule is CC(C)(C)[Si](OCCCCCCCCCCCCCC#CCOC1CCCCO1)(c1ccccc1)c1ccccc1.CCCCCCCC.CCCCCCCC.NF.OCCCCCCCCCCCCCC#CCOC1CCCCO1. The summed E-state index contributed by atoms with van der Waals surface area (Å²) in [6.07, 6.45) is 54.3. The minimum Gasteiger partial charge on any atom is -0.407 e. The van der Waals surface area contributed by atoms with Gasteiger partial charge in [0.05, 0.1) is 0 Å². The Morgan fingerprint density at radius 2 is 0.759 bits per heavy atom. The summed E-state index contributed by atoms with van der Waals surface area (Å²) in [5, 5.41) is 11.5. The van der Waals surface area contributed by atoms with Gasteiger partial charge in [0.2, 0.25) is 0 Å². The Morgan fingerprint density at radius 3 is 1.06 bits per heavy atom. The van der Waals surface area contributed by atoms with Crippen LogP contribution in [0.5, 0.6) is 0 Å². The van der Waals surface area contributed by atoms with E-state index in [9.17, 15) is 0 Å². The van der Waals surface area contributed by atoms with Crippen molar-refractivity contribution in [3.63, 3.8) is 0 Å². The van der Waals surface area contributed by atoms with Crippen LogP contribution in [-0.4, -0.2) is 65.6 Å². The summed E-state index contributed by atoms with van der Waals surface area (Å²) < 4.78 is 38.3. The summed E-state index contributed by atoms with van der Waals surface area (Å²) in [4.78, 5) is 0. The molecule has 2 unspecified atom stereocenters. The van der Waals surface area contributed by atoms with Crippen molar-refractivity contribution in [1.82, 2.24) is 0 Å². The predicted molar refractivity (Wildman–Crippen MR) is 360 cm³/mol. The number of hydrogen-bond donors (Lipinski definition) is 2. The molecule has 2 aliphatic rings. The molecular weight excluding hydrogens is 1050 g/mol. The third kappa shape index (κ3) is 47.2. The fourth-order valence-electron chi connectivity index (χ4n) is 10.7. The molecule has 0 amide bonds. The van der Waals surface area contributed by atoms with Gasteiger partial charge in [-0.05, 0) is 79.6 Å². The Morgan fingerprint density at radius 1 is 0.446 bits per heavy atom. The summed E-state index contributed by atoms with van der Waals surface area (Å²) in [6, 6.07) is 22.0. The molecule has 2 aromatic rings. The molecule has 4 rings (SSSR count). The zero-order valence-electron chi connectivity index (χ0n) is 55.3. The Labute approximate surface area is 514 Å². The van der Waals surface area contributed by atoms with E-state index in [0.717, 1.165) is 71.2 Å². The second-order valence-electron chi connectivity index (χ2n) is 24.3. The number of rotatable bonds is 42. The average molecular weight is 1180 g/mol. The summed E-state index contributed by atoms with van der Waals surface area (Å²) in [5.41, 5.74) is 0. The van der Waals surface area contributed by atoms with E-state index in [2.05, 4.69) is 139 Å². The summed E-state index contributed by atoms with van der Waals surface area (Å²) in [7, 11) is -2.38. The maximum absolute atomic E-state index is 9.00. The van der Waals surface area contributed by atoms with Crippen molar-refractivity contribution in [2.45, 2.75) is 336 Å². The third-order valence-corrected chi connectivity index (χ3v) is 20.8. The highest BCUT2D eigenvalue weighted by molar-refractivity contribution is 6.99. The van der Waals surface area contributed by atoms with Gasteiger partial charge in [0.15, 0.2) is 12.6 Å². The van der Waals surface area contributed by atoms with Crippen LogP contribution < -0.4 is 16.3 Å². The lowest BCUT2D eigenvalue weighted by Crippen LogP contribution is -2.66. The second-order valence-corrected chi connectivity index (χ2v) is 28.6. The van der Waals surface area contributed by atoms with E-state index in [1.165, 1.54) is 229 Å². The van der Waals surface area contributed by atoms with Gasteiger partial charge in [-0.3, -0.25) is 0 Å². The second kappa shape index (κ2) is 62.5. The molecule has 7 nitrogen and oxygen atoms in total. The smallest absolute Gasteiger partial charge is 0.261 e. The van der Waals surface area contributed by atoms with Crippen molar-refractivity contribution < 1.29 is 33.0 Å². The van der Waals surface area contributed by atoms with Crippen LogP contribution in [0.1, 0.15) is 318 Å². The zero-order chi connectivity index (χ0) is 60.7. The van der Waals surface area contributed by atoms with E-state index < -0.39 is 8.32 Å². The first kappa shape index (κ1) is 80.4. The first-order valence-electron chi connectivity index (χ1n) is 34.8. The van der Waals surface area contributed by atoms with Crippen LogP contribution >= 0.6 is 0 Å². The third-order valence-electron chi connectivity index (χ3n) is 15.8. The first-order chi connectivity index (χ1) is 40.8. The van der Waals surface area contributed by atoms with Crippen LogP contribution in [0.4, 0.5) is 4.48 Å². The lowest BCUT2D eigenvalue weighted by atomic mass is 10.1. The molecule has 0 bridgehead atoms. The van der Waals surface area contributed by atoms with Gasteiger partial charge in [-0.2, -0.15) is 5.96 Å². The minimum absolute atomic E-state index is 0.0114. The van der Waals surface area contributed by atoms with E-state index in [1.807, 2.05) is 0 Å². The number of unbranched alkanes of at least 4 members (excludes halogenated alkanes) is 32. The number of hydrogen-bond acceptors (Lipinski definition) is 7. The molecule has 0 spiro atoms. The molecule has 2 heterocycles. The van der Waals surface area contributed by atoms with Gasteiger partial charge >= 0.3 is 0 Å². The maximum Gasteiger partial charge on any atom is 0.261 e. The lowest BCUT2D eigenvalue weighted by molar-refractivity contribution is -0.154. The van der Waals surface area contributed by atoms with Crippen LogP contribution in [0.15, 0.2) is 60.7 Å². The van der Waals surface area contributed by atoms with E-state index in [4.69, 9.17) is 33.0 Å². The molecule has 0 aromatic heterocycles. The highest BCUT2D eigenvalue weighted by Crippen LogP contribution is 2.37. The van der Waals surface area contributed by atoms with Crippen molar-refractivity contribution in [1.29, 1.82) is 0 Å². The Balaban J connectivity index is 0.00000134. The molecule has 83 heavy (non-hydrogen) atoms. The van der Waals surface area contributed by atoms with E-state index in [-0.39, 0.29) is 17.6 Å². The molecule has 2 aliphatic heterocycles. The van der Waals surface area contributed by atoms with E-state index in [0.29, 0.717) is 19.8 Å². The number of benzene rings is 2. The van der Waals surface area contributed by atoms with Gasteiger partial charge in [-0.25, -0.2) is 0 Å². The molecule has 0 radical (unpaired) electrons. The summed E-state index contributed by atoms with van der Waals surface area (Å²) in [6.45, 7) is 20.0. The first-order valence-corrected chi connectivity index (χ1v) is 36.7. The molecular formula is C74H132FNO6Si. The van der Waals surface area contributed by atoms with Crippen molar-refractivity contribution in [3.8, 4) is 23.7 Å². The van der Waals surface area contributed by atoms with Crippen molar-refractivity contribution >= 4 is 18.7 Å². The molecule has 0 saturated carbocycles. The van der Waals surface area contributed by atoms with Gasteiger partial charge in [-0.1, -0.05) is 314 Å². The highest BCUT2D eigenvalue weighted by Gasteiger charge is 2.50. The molecule has 480 valence electrons. The van der Waals surface area contributed by atoms with Gasteiger partial charge in [0.1, 0.15) is 13.2 Å². The number of aliphatic hydroxyl groups excluding tert-OH is 1. The van der Waals surface area contributed by atoms with Crippen LogP contribution in [0.3, 0.4) is 0 Å². The molecule has 2 atom stereocenters. The van der Waals surface area contributed by atoms with Crippen LogP contribution in [0.2, 0.25) is 5.04 Å². The standard InChI is InChI=1S/C37H56O3Si.C21H38O3.2C8H18.FH2N/c1-37(2,3)41(34-26-18-16-19-27-34,35-28-20-17-21-29-35)40-33-24-15-13-11-9-7-5-4-6-8-10-12-14-23-31-38-36-30-22-25-32-39-36;22-18-14-11-9-7-5-3-1-2-4-6-8-10-12-15-19-23-21-17-13-16-20-24-21;2*1-3-5-7-8-6-4-2;1-2/h16-21,26-29,36H,4-13,15,22,24-25,30-33H2,1-3H3;21-22H,1-11,13-14,16-20H2;2*3-8H2,1-2H3;2H2. The molecule has 2 aromatic carbocycles. The Kier molecular flexibility index (Phi) is 60.5. The fraction of sp³-hybridized carbons (Fsp3) is 0.784. The van der Waals surface area contributed by atoms with Crippen LogP contribution in [0, 0.1) is 23.7 Å². The lowest BCUT2D eigenvalue weighted by Gasteiger charge is -2.43. The van der Waals surface area contributed by atoms with Gasteiger partial charge < -0.3 is 28.5 Å². The Bertz CT molecular complexity index is 1650. The Hall–Kier alpha value is -2.57. The number of nitrogens with two attached hydrogens (primary N) is 1. The number of halogens is 1. The molecule has 2 saturated heterocycles.